The van der Waals surface area contributed by atoms with Crippen LogP contribution < -0.4 is 15.4 Å². The van der Waals surface area contributed by atoms with Gasteiger partial charge in [-0.05, 0) is 75.1 Å². The normalized spacial score (nSPS) is 16.8. The zero-order valence-corrected chi connectivity index (χ0v) is 18.2. The Balaban J connectivity index is 1.40. The summed E-state index contributed by atoms with van der Waals surface area (Å²) in [6, 6.07) is 4.76. The lowest BCUT2D eigenvalue weighted by Gasteiger charge is -2.13. The molecule has 0 spiro atoms. The van der Waals surface area contributed by atoms with Crippen LogP contribution in [0.2, 0.25) is 0 Å². The molecule has 3 rings (SSSR count). The van der Waals surface area contributed by atoms with Crippen LogP contribution in [0, 0.1) is 0 Å². The van der Waals surface area contributed by atoms with E-state index in [1.807, 2.05) is 0 Å². The number of carbonyl (C=O) groups is 2. The van der Waals surface area contributed by atoms with Gasteiger partial charge in [-0.25, -0.2) is 13.1 Å². The number of sulfonamides is 1. The highest BCUT2D eigenvalue weighted by Gasteiger charge is 2.18. The number of allylic oxidation sites excluding steroid dienone is 1. The lowest BCUT2D eigenvalue weighted by molar-refractivity contribution is -0.121. The van der Waals surface area contributed by atoms with Crippen LogP contribution in [0.15, 0.2) is 34.7 Å². The van der Waals surface area contributed by atoms with E-state index in [0.29, 0.717) is 37.9 Å². The summed E-state index contributed by atoms with van der Waals surface area (Å²) in [6.07, 6.45) is 10.5. The Morgan fingerprint density at radius 3 is 2.73 bits per heavy atom. The van der Waals surface area contributed by atoms with Gasteiger partial charge in [0.15, 0.2) is 0 Å². The molecule has 0 bridgehead atoms. The fourth-order valence-electron chi connectivity index (χ4n) is 3.84. The Bertz CT molecular complexity index is 909. The van der Waals surface area contributed by atoms with E-state index in [1.54, 1.807) is 12.1 Å². The molecule has 0 fully saturated rings. The second-order valence-electron chi connectivity index (χ2n) is 7.93. The minimum absolute atomic E-state index is 0.0452. The van der Waals surface area contributed by atoms with Gasteiger partial charge in [-0.1, -0.05) is 11.6 Å². The lowest BCUT2D eigenvalue weighted by Crippen LogP contribution is -2.28. The molecular weight excluding hydrogens is 402 g/mol. The Morgan fingerprint density at radius 1 is 1.07 bits per heavy atom. The molecular formula is C22H31N3O4S. The van der Waals surface area contributed by atoms with Gasteiger partial charge in [0.25, 0.3) is 0 Å². The molecule has 2 aliphatic rings. The van der Waals surface area contributed by atoms with E-state index in [9.17, 15) is 18.0 Å². The number of carbonyl (C=O) groups excluding carboxylic acids is 2. The third-order valence-corrected chi connectivity index (χ3v) is 7.00. The average molecular weight is 434 g/mol. The topological polar surface area (TPSA) is 104 Å². The number of nitrogens with one attached hydrogen (secondary N) is 3. The Kier molecular flexibility index (Phi) is 8.04. The maximum absolute atomic E-state index is 12.6. The van der Waals surface area contributed by atoms with Crippen LogP contribution in [0.3, 0.4) is 0 Å². The first-order valence-corrected chi connectivity index (χ1v) is 12.3. The number of fused-ring (bicyclic) bond motifs is 1. The zero-order valence-electron chi connectivity index (χ0n) is 17.3. The van der Waals surface area contributed by atoms with Crippen molar-refractivity contribution < 1.29 is 18.0 Å². The van der Waals surface area contributed by atoms with Crippen molar-refractivity contribution in [2.45, 2.75) is 69.1 Å². The number of anilines is 1. The highest BCUT2D eigenvalue weighted by atomic mass is 32.2. The van der Waals surface area contributed by atoms with Gasteiger partial charge in [0, 0.05) is 31.6 Å². The van der Waals surface area contributed by atoms with Gasteiger partial charge < -0.3 is 10.6 Å². The minimum atomic E-state index is -3.65. The number of hydrogen-bond acceptors (Lipinski definition) is 4. The van der Waals surface area contributed by atoms with Gasteiger partial charge in [0.1, 0.15) is 0 Å². The molecule has 0 unspecified atom stereocenters. The van der Waals surface area contributed by atoms with Crippen molar-refractivity contribution in [3.8, 4) is 0 Å². The first-order chi connectivity index (χ1) is 14.4. The maximum Gasteiger partial charge on any atom is 0.240 e. The summed E-state index contributed by atoms with van der Waals surface area (Å²) in [5, 5.41) is 5.71. The quantitative estimate of drug-likeness (QED) is 0.411. The second kappa shape index (κ2) is 10.7. The van der Waals surface area contributed by atoms with Crippen molar-refractivity contribution in [1.82, 2.24) is 10.0 Å². The van der Waals surface area contributed by atoms with Gasteiger partial charge in [-0.2, -0.15) is 0 Å². The summed E-state index contributed by atoms with van der Waals surface area (Å²) in [5.74, 6) is -0.0948. The van der Waals surface area contributed by atoms with Gasteiger partial charge >= 0.3 is 0 Å². The van der Waals surface area contributed by atoms with E-state index < -0.39 is 10.0 Å². The van der Waals surface area contributed by atoms with E-state index in [2.05, 4.69) is 21.4 Å². The van der Waals surface area contributed by atoms with Gasteiger partial charge in [-0.15, -0.1) is 0 Å². The molecule has 0 aromatic heterocycles. The summed E-state index contributed by atoms with van der Waals surface area (Å²) in [7, 11) is -3.65. The number of aryl methyl sites for hydroxylation is 1. The maximum atomic E-state index is 12.6. The van der Waals surface area contributed by atoms with Crippen molar-refractivity contribution in [3.63, 3.8) is 0 Å². The van der Waals surface area contributed by atoms with E-state index in [1.165, 1.54) is 24.5 Å². The average Bonchev–Trinajstić information content (AvgIpc) is 2.92. The van der Waals surface area contributed by atoms with E-state index in [0.717, 1.165) is 24.8 Å². The zero-order chi connectivity index (χ0) is 21.4. The Hall–Kier alpha value is -2.19. The summed E-state index contributed by atoms with van der Waals surface area (Å²) in [4.78, 5) is 23.8. The van der Waals surface area contributed by atoms with E-state index >= 15 is 0 Å². The summed E-state index contributed by atoms with van der Waals surface area (Å²) in [5.41, 5.74) is 2.93. The molecule has 164 valence electrons. The number of rotatable bonds is 9. The molecule has 0 atom stereocenters. The molecule has 3 N–H and O–H groups in total. The third-order valence-electron chi connectivity index (χ3n) is 5.54. The molecule has 1 aromatic carbocycles. The first kappa shape index (κ1) is 22.5. The van der Waals surface area contributed by atoms with E-state index in [4.69, 9.17) is 0 Å². The highest BCUT2D eigenvalue weighted by Crippen LogP contribution is 2.25. The fourth-order valence-corrected chi connectivity index (χ4v) is 4.96. The standard InChI is InChI=1S/C22H31N3O4S/c26-21(23-15-13-17-6-2-1-3-7-17)10-5-14-24-30(28,29)19-11-12-20-18(16-19)8-4-9-22(27)25-20/h6,11-12,16,24H,1-5,7-10,13-15H2,(H,23,26)(H,25,27). The van der Waals surface area contributed by atoms with Crippen molar-refractivity contribution >= 4 is 27.5 Å². The van der Waals surface area contributed by atoms with Gasteiger partial charge in [0.05, 0.1) is 4.90 Å². The Morgan fingerprint density at radius 2 is 1.93 bits per heavy atom. The summed E-state index contributed by atoms with van der Waals surface area (Å²) >= 11 is 0. The van der Waals surface area contributed by atoms with Crippen LogP contribution in [0.1, 0.15) is 63.4 Å². The Labute approximate surface area is 178 Å². The number of benzene rings is 1. The molecule has 0 radical (unpaired) electrons. The summed E-state index contributed by atoms with van der Waals surface area (Å²) < 4.78 is 27.7. The van der Waals surface area contributed by atoms with Crippen molar-refractivity contribution in [3.05, 3.63) is 35.4 Å². The van der Waals surface area contributed by atoms with Crippen LogP contribution in [0.4, 0.5) is 5.69 Å². The summed E-state index contributed by atoms with van der Waals surface area (Å²) in [6.45, 7) is 0.844. The predicted octanol–water partition coefficient (Wildman–Crippen LogP) is 3.03. The highest BCUT2D eigenvalue weighted by molar-refractivity contribution is 7.89. The van der Waals surface area contributed by atoms with Crippen molar-refractivity contribution in [1.29, 1.82) is 0 Å². The molecule has 7 nitrogen and oxygen atoms in total. The van der Waals surface area contributed by atoms with Crippen molar-refractivity contribution in [2.24, 2.45) is 0 Å². The predicted molar refractivity (Wildman–Crippen MR) is 117 cm³/mol. The van der Waals surface area contributed by atoms with Crippen LogP contribution in [0.5, 0.6) is 0 Å². The minimum Gasteiger partial charge on any atom is -0.356 e. The van der Waals surface area contributed by atoms with Crippen LogP contribution >= 0.6 is 0 Å². The van der Waals surface area contributed by atoms with Crippen molar-refractivity contribution in [2.75, 3.05) is 18.4 Å². The van der Waals surface area contributed by atoms with Gasteiger partial charge in [0.2, 0.25) is 21.8 Å². The molecule has 1 aliphatic heterocycles. The molecule has 1 aromatic rings. The number of amides is 2. The largest absolute Gasteiger partial charge is 0.356 e. The van der Waals surface area contributed by atoms with Gasteiger partial charge in [-0.3, -0.25) is 9.59 Å². The third kappa shape index (κ3) is 6.67. The second-order valence-corrected chi connectivity index (χ2v) is 9.70. The molecule has 2 amide bonds. The van der Waals surface area contributed by atoms with Crippen LogP contribution in [-0.4, -0.2) is 33.3 Å². The molecule has 1 aliphatic carbocycles. The van der Waals surface area contributed by atoms with E-state index in [-0.39, 0.29) is 29.7 Å². The SMILES string of the molecule is O=C(CCCNS(=O)(=O)c1ccc2c(c1)CCCC(=O)N2)NCCC1=CCCCC1. The molecule has 1 heterocycles. The fraction of sp³-hybridized carbons (Fsp3) is 0.545. The van der Waals surface area contributed by atoms with Crippen LogP contribution in [-0.2, 0) is 26.0 Å². The molecule has 8 heteroatoms. The van der Waals surface area contributed by atoms with Crippen LogP contribution in [0.25, 0.3) is 0 Å². The molecule has 0 saturated heterocycles. The monoisotopic (exact) mass is 433 g/mol. The number of hydrogen-bond donors (Lipinski definition) is 3. The lowest BCUT2D eigenvalue weighted by atomic mass is 9.97. The molecule has 0 saturated carbocycles. The molecule has 30 heavy (non-hydrogen) atoms. The smallest absolute Gasteiger partial charge is 0.240 e. The first-order valence-electron chi connectivity index (χ1n) is 10.8.